The van der Waals surface area contributed by atoms with Gasteiger partial charge in [-0.25, -0.2) is 0 Å². The van der Waals surface area contributed by atoms with Gasteiger partial charge in [0.1, 0.15) is 0 Å². The Bertz CT molecular complexity index is 468. The van der Waals surface area contributed by atoms with Crippen LogP contribution in [-0.4, -0.2) is 25.0 Å². The van der Waals surface area contributed by atoms with Crippen LogP contribution in [0.15, 0.2) is 18.2 Å². The highest BCUT2D eigenvalue weighted by molar-refractivity contribution is 5.84. The zero-order chi connectivity index (χ0) is 12.5. The van der Waals surface area contributed by atoms with E-state index >= 15 is 0 Å². The average Bonchev–Trinajstić information content (AvgIpc) is 3.13. The molecular formula is C14H19N3O. The molecule has 3 rings (SSSR count). The smallest absolute Gasteiger partial charge is 0.239 e. The minimum atomic E-state index is 0.119. The third-order valence-electron chi connectivity index (χ3n) is 3.62. The van der Waals surface area contributed by atoms with E-state index in [1.807, 2.05) is 12.1 Å². The molecule has 4 nitrogen and oxygen atoms in total. The van der Waals surface area contributed by atoms with E-state index in [1.54, 1.807) is 0 Å². The molecule has 1 aromatic carbocycles. The number of aryl methyl sites for hydroxylation is 1. The number of amides is 1. The molecule has 0 bridgehead atoms. The van der Waals surface area contributed by atoms with Crippen LogP contribution in [0.25, 0.3) is 0 Å². The molecule has 1 aromatic rings. The summed E-state index contributed by atoms with van der Waals surface area (Å²) < 4.78 is 0. The fraction of sp³-hybridized carbons (Fsp3) is 0.500. The first-order valence-electron chi connectivity index (χ1n) is 6.66. The highest BCUT2D eigenvalue weighted by Crippen LogP contribution is 2.32. The van der Waals surface area contributed by atoms with Gasteiger partial charge in [0.25, 0.3) is 0 Å². The first-order valence-corrected chi connectivity index (χ1v) is 6.66. The summed E-state index contributed by atoms with van der Waals surface area (Å²) in [6.45, 7) is 1.34. The topological polar surface area (TPSA) is 58.4 Å². The van der Waals surface area contributed by atoms with Crippen LogP contribution in [0.5, 0.6) is 0 Å². The average molecular weight is 245 g/mol. The summed E-state index contributed by atoms with van der Waals surface area (Å²) in [5.41, 5.74) is 9.16. The maximum absolute atomic E-state index is 11.9. The number of nitrogen functional groups attached to an aromatic ring is 1. The molecule has 0 radical (unpaired) electrons. The van der Waals surface area contributed by atoms with Gasteiger partial charge in [-0.1, -0.05) is 12.1 Å². The molecule has 1 heterocycles. The normalized spacial score (nSPS) is 18.3. The third-order valence-corrected chi connectivity index (χ3v) is 3.62. The van der Waals surface area contributed by atoms with Crippen LogP contribution in [0.3, 0.4) is 0 Å². The Morgan fingerprint density at radius 3 is 3.06 bits per heavy atom. The highest BCUT2D eigenvalue weighted by atomic mass is 16.2. The Hall–Kier alpha value is -1.71. The van der Waals surface area contributed by atoms with Crippen molar-refractivity contribution in [1.29, 1.82) is 0 Å². The van der Waals surface area contributed by atoms with Gasteiger partial charge in [0.15, 0.2) is 0 Å². The molecule has 0 saturated heterocycles. The minimum absolute atomic E-state index is 0.119. The second-order valence-corrected chi connectivity index (χ2v) is 5.22. The van der Waals surface area contributed by atoms with Crippen LogP contribution in [0.4, 0.5) is 11.4 Å². The Morgan fingerprint density at radius 2 is 2.28 bits per heavy atom. The molecule has 1 aliphatic carbocycles. The Kier molecular flexibility index (Phi) is 2.86. The van der Waals surface area contributed by atoms with Crippen molar-refractivity contribution >= 4 is 17.3 Å². The van der Waals surface area contributed by atoms with Gasteiger partial charge in [0, 0.05) is 12.6 Å². The van der Waals surface area contributed by atoms with Gasteiger partial charge in [0.05, 0.1) is 17.9 Å². The van der Waals surface area contributed by atoms with Gasteiger partial charge < -0.3 is 16.0 Å². The Balaban J connectivity index is 1.75. The van der Waals surface area contributed by atoms with Crippen molar-refractivity contribution in [2.45, 2.75) is 31.7 Å². The fourth-order valence-electron chi connectivity index (χ4n) is 2.60. The molecule has 1 fully saturated rings. The van der Waals surface area contributed by atoms with E-state index in [1.165, 1.54) is 5.56 Å². The summed E-state index contributed by atoms with van der Waals surface area (Å²) in [6.07, 6.45) is 4.41. The van der Waals surface area contributed by atoms with Gasteiger partial charge in [-0.2, -0.15) is 0 Å². The van der Waals surface area contributed by atoms with Gasteiger partial charge in [-0.3, -0.25) is 4.79 Å². The van der Waals surface area contributed by atoms with Gasteiger partial charge >= 0.3 is 0 Å². The molecule has 1 saturated carbocycles. The Labute approximate surface area is 107 Å². The third kappa shape index (κ3) is 2.28. The number of nitrogens with one attached hydrogen (secondary N) is 1. The quantitative estimate of drug-likeness (QED) is 0.789. The van der Waals surface area contributed by atoms with E-state index in [0.29, 0.717) is 12.6 Å². The molecule has 0 unspecified atom stereocenters. The molecule has 0 spiro atoms. The van der Waals surface area contributed by atoms with Crippen LogP contribution in [0.1, 0.15) is 24.8 Å². The molecule has 96 valence electrons. The van der Waals surface area contributed by atoms with Crippen LogP contribution in [0, 0.1) is 0 Å². The number of anilines is 2. The summed E-state index contributed by atoms with van der Waals surface area (Å²) in [6, 6.07) is 6.43. The molecule has 0 aromatic heterocycles. The second kappa shape index (κ2) is 4.52. The van der Waals surface area contributed by atoms with Crippen molar-refractivity contribution < 1.29 is 4.79 Å². The number of hydrogen-bond donors (Lipinski definition) is 2. The van der Waals surface area contributed by atoms with Crippen molar-refractivity contribution in [3.8, 4) is 0 Å². The van der Waals surface area contributed by atoms with Crippen LogP contribution < -0.4 is 16.0 Å². The van der Waals surface area contributed by atoms with Gasteiger partial charge in [-0.15, -0.1) is 0 Å². The first-order chi connectivity index (χ1) is 8.74. The number of nitrogens with two attached hydrogens (primary N) is 1. The summed E-state index contributed by atoms with van der Waals surface area (Å²) in [5.74, 6) is 0.119. The van der Waals surface area contributed by atoms with E-state index in [-0.39, 0.29) is 5.91 Å². The summed E-state index contributed by atoms with van der Waals surface area (Å²) in [4.78, 5) is 14.0. The van der Waals surface area contributed by atoms with Gasteiger partial charge in [-0.05, 0) is 37.3 Å². The minimum Gasteiger partial charge on any atom is -0.397 e. The summed E-state index contributed by atoms with van der Waals surface area (Å²) in [5, 5.41) is 3.03. The molecule has 1 aliphatic heterocycles. The molecule has 3 N–H and O–H groups in total. The van der Waals surface area contributed by atoms with E-state index in [2.05, 4.69) is 16.3 Å². The predicted molar refractivity (Wildman–Crippen MR) is 72.6 cm³/mol. The van der Waals surface area contributed by atoms with E-state index in [0.717, 1.165) is 43.6 Å². The van der Waals surface area contributed by atoms with Crippen molar-refractivity contribution in [2.75, 3.05) is 23.7 Å². The van der Waals surface area contributed by atoms with Crippen LogP contribution >= 0.6 is 0 Å². The van der Waals surface area contributed by atoms with Crippen molar-refractivity contribution in [3.63, 3.8) is 0 Å². The molecule has 0 atom stereocenters. The SMILES string of the molecule is Nc1cccc2c1N(CC(=O)NC1CC1)CCC2. The van der Waals surface area contributed by atoms with Crippen LogP contribution in [0.2, 0.25) is 0 Å². The number of para-hydroxylation sites is 1. The lowest BCUT2D eigenvalue weighted by Crippen LogP contribution is -2.40. The highest BCUT2D eigenvalue weighted by Gasteiger charge is 2.26. The van der Waals surface area contributed by atoms with E-state index in [9.17, 15) is 4.79 Å². The molecule has 1 amide bonds. The van der Waals surface area contributed by atoms with E-state index in [4.69, 9.17) is 5.73 Å². The van der Waals surface area contributed by atoms with Crippen molar-refractivity contribution in [2.24, 2.45) is 0 Å². The monoisotopic (exact) mass is 245 g/mol. The number of rotatable bonds is 3. The molecule has 18 heavy (non-hydrogen) atoms. The van der Waals surface area contributed by atoms with Crippen molar-refractivity contribution in [1.82, 2.24) is 5.32 Å². The van der Waals surface area contributed by atoms with Crippen LogP contribution in [-0.2, 0) is 11.2 Å². The first kappa shape index (κ1) is 11.4. The van der Waals surface area contributed by atoms with Crippen molar-refractivity contribution in [3.05, 3.63) is 23.8 Å². The Morgan fingerprint density at radius 1 is 1.44 bits per heavy atom. The summed E-state index contributed by atoms with van der Waals surface area (Å²) >= 11 is 0. The summed E-state index contributed by atoms with van der Waals surface area (Å²) in [7, 11) is 0. The number of fused-ring (bicyclic) bond motifs is 1. The fourth-order valence-corrected chi connectivity index (χ4v) is 2.60. The standard InChI is InChI=1S/C14H19N3O/c15-12-5-1-3-10-4-2-8-17(14(10)12)9-13(18)16-11-6-7-11/h1,3,5,11H,2,4,6-9,15H2,(H,16,18). The predicted octanol–water partition coefficient (Wildman–Crippen LogP) is 1.30. The number of benzene rings is 1. The lowest BCUT2D eigenvalue weighted by atomic mass is 10.0. The second-order valence-electron chi connectivity index (χ2n) is 5.22. The zero-order valence-electron chi connectivity index (χ0n) is 10.5. The van der Waals surface area contributed by atoms with Gasteiger partial charge in [0.2, 0.25) is 5.91 Å². The molecule has 2 aliphatic rings. The molecular weight excluding hydrogens is 226 g/mol. The number of carbonyl (C=O) groups excluding carboxylic acids is 1. The maximum atomic E-state index is 11.9. The number of nitrogens with zero attached hydrogens (tertiary/aromatic N) is 1. The largest absolute Gasteiger partial charge is 0.397 e. The lowest BCUT2D eigenvalue weighted by Gasteiger charge is -2.31. The lowest BCUT2D eigenvalue weighted by molar-refractivity contribution is -0.119. The number of carbonyl (C=O) groups is 1. The molecule has 4 heteroatoms. The number of hydrogen-bond acceptors (Lipinski definition) is 3. The van der Waals surface area contributed by atoms with E-state index < -0.39 is 0 Å². The zero-order valence-corrected chi connectivity index (χ0v) is 10.5. The maximum Gasteiger partial charge on any atom is 0.239 e.